The third-order valence-electron chi connectivity index (χ3n) is 2.13. The summed E-state index contributed by atoms with van der Waals surface area (Å²) in [5.74, 6) is 0.435. The number of benzene rings is 1. The largest absolute Gasteiger partial charge is 0.416 e. The molecular weight excluding hydrogens is 258 g/mol. The third-order valence-corrected chi connectivity index (χ3v) is 3.09. The van der Waals surface area contributed by atoms with Gasteiger partial charge in [-0.05, 0) is 23.4 Å². The molecule has 1 aromatic carbocycles. The molecule has 1 heterocycles. The zero-order valence-electron chi connectivity index (χ0n) is 9.36. The van der Waals surface area contributed by atoms with Crippen LogP contribution in [0.5, 0.6) is 0 Å². The van der Waals surface area contributed by atoms with E-state index in [1.165, 1.54) is 12.1 Å². The average molecular weight is 267 g/mol. The molecule has 2 rings (SSSR count). The van der Waals surface area contributed by atoms with Crippen molar-refractivity contribution in [3.8, 4) is 0 Å². The van der Waals surface area contributed by atoms with Gasteiger partial charge in [-0.25, -0.2) is 0 Å². The highest BCUT2D eigenvalue weighted by molar-refractivity contribution is 7.99. The molecule has 94 valence electrons. The Morgan fingerprint density at radius 2 is 2.28 bits per heavy atom. The Balaban J connectivity index is 2.30. The molecule has 0 aliphatic rings. The molecule has 8 heteroatoms. The lowest BCUT2D eigenvalue weighted by atomic mass is 10.2. The molecule has 2 aromatic rings. The standard InChI is InChI=1S/C10H9N3O4S/c1-6-11-12-10(17-6)18-9-3-2-8(13(15)16)4-7(9)5-14/h2-4,14H,5H2,1H3. The summed E-state index contributed by atoms with van der Waals surface area (Å²) in [4.78, 5) is 10.8. The molecule has 7 nitrogen and oxygen atoms in total. The summed E-state index contributed by atoms with van der Waals surface area (Å²) in [6.07, 6.45) is 0. The summed E-state index contributed by atoms with van der Waals surface area (Å²) in [5.41, 5.74) is 0.384. The number of aromatic nitrogens is 2. The van der Waals surface area contributed by atoms with Crippen molar-refractivity contribution in [2.75, 3.05) is 0 Å². The van der Waals surface area contributed by atoms with E-state index in [1.54, 1.807) is 13.0 Å². The van der Waals surface area contributed by atoms with E-state index in [0.717, 1.165) is 11.8 Å². The van der Waals surface area contributed by atoms with Gasteiger partial charge in [0.2, 0.25) is 5.89 Å². The van der Waals surface area contributed by atoms with Crippen LogP contribution >= 0.6 is 11.8 Å². The molecule has 0 unspecified atom stereocenters. The lowest BCUT2D eigenvalue weighted by Crippen LogP contribution is -1.93. The first kappa shape index (κ1) is 12.5. The topological polar surface area (TPSA) is 102 Å². The van der Waals surface area contributed by atoms with Gasteiger partial charge in [0.1, 0.15) is 0 Å². The van der Waals surface area contributed by atoms with Gasteiger partial charge in [0.15, 0.2) is 0 Å². The third kappa shape index (κ3) is 2.66. The van der Waals surface area contributed by atoms with Crippen molar-refractivity contribution >= 4 is 17.4 Å². The summed E-state index contributed by atoms with van der Waals surface area (Å²) in [6.45, 7) is 1.37. The first-order valence-corrected chi connectivity index (χ1v) is 5.78. The van der Waals surface area contributed by atoms with Crippen LogP contribution in [0, 0.1) is 17.0 Å². The summed E-state index contributed by atoms with van der Waals surface area (Å²) < 4.78 is 5.19. The fraction of sp³-hybridized carbons (Fsp3) is 0.200. The van der Waals surface area contributed by atoms with Crippen molar-refractivity contribution in [2.45, 2.75) is 23.6 Å². The van der Waals surface area contributed by atoms with E-state index in [1.807, 2.05) is 0 Å². The number of rotatable bonds is 4. The molecule has 0 saturated carbocycles. The van der Waals surface area contributed by atoms with Crippen LogP contribution in [0.1, 0.15) is 11.5 Å². The second-order valence-electron chi connectivity index (χ2n) is 3.40. The number of aryl methyl sites for hydroxylation is 1. The van der Waals surface area contributed by atoms with E-state index in [9.17, 15) is 15.2 Å². The van der Waals surface area contributed by atoms with Crippen molar-refractivity contribution in [1.29, 1.82) is 0 Å². The lowest BCUT2D eigenvalue weighted by molar-refractivity contribution is -0.385. The number of nitro benzene ring substituents is 1. The monoisotopic (exact) mass is 267 g/mol. The highest BCUT2D eigenvalue weighted by Gasteiger charge is 2.13. The van der Waals surface area contributed by atoms with Gasteiger partial charge in [-0.1, -0.05) is 0 Å². The first-order chi connectivity index (χ1) is 8.60. The maximum atomic E-state index is 10.6. The Kier molecular flexibility index (Phi) is 3.58. The Labute approximate surface area is 106 Å². The molecule has 0 spiro atoms. The van der Waals surface area contributed by atoms with Crippen molar-refractivity contribution in [3.05, 3.63) is 39.8 Å². The van der Waals surface area contributed by atoms with Gasteiger partial charge in [-0.3, -0.25) is 10.1 Å². The van der Waals surface area contributed by atoms with Gasteiger partial charge in [0, 0.05) is 24.0 Å². The minimum Gasteiger partial charge on any atom is -0.416 e. The summed E-state index contributed by atoms with van der Waals surface area (Å²) in [5, 5.41) is 27.6. The summed E-state index contributed by atoms with van der Waals surface area (Å²) in [7, 11) is 0. The van der Waals surface area contributed by atoms with E-state index in [4.69, 9.17) is 4.42 Å². The molecule has 18 heavy (non-hydrogen) atoms. The van der Waals surface area contributed by atoms with Crippen molar-refractivity contribution in [3.63, 3.8) is 0 Å². The number of hydrogen-bond acceptors (Lipinski definition) is 7. The van der Waals surface area contributed by atoms with Gasteiger partial charge in [-0.2, -0.15) is 0 Å². The molecular formula is C10H9N3O4S. The van der Waals surface area contributed by atoms with Crippen LogP contribution in [-0.2, 0) is 6.61 Å². The van der Waals surface area contributed by atoms with E-state index in [0.29, 0.717) is 21.6 Å². The molecule has 0 radical (unpaired) electrons. The van der Waals surface area contributed by atoms with Gasteiger partial charge in [0.05, 0.1) is 11.5 Å². The average Bonchev–Trinajstić information content (AvgIpc) is 2.75. The number of nitrogens with zero attached hydrogens (tertiary/aromatic N) is 3. The normalized spacial score (nSPS) is 10.6. The van der Waals surface area contributed by atoms with Crippen LogP contribution in [0.3, 0.4) is 0 Å². The maximum absolute atomic E-state index is 10.6. The van der Waals surface area contributed by atoms with Crippen LogP contribution in [0.4, 0.5) is 5.69 Å². The molecule has 0 aliphatic carbocycles. The zero-order valence-corrected chi connectivity index (χ0v) is 10.2. The van der Waals surface area contributed by atoms with Crippen molar-refractivity contribution < 1.29 is 14.4 Å². The molecule has 0 atom stereocenters. The van der Waals surface area contributed by atoms with Crippen LogP contribution in [-0.4, -0.2) is 20.2 Å². The predicted octanol–water partition coefficient (Wildman–Crippen LogP) is 1.93. The fourth-order valence-electron chi connectivity index (χ4n) is 1.32. The first-order valence-electron chi connectivity index (χ1n) is 4.96. The quantitative estimate of drug-likeness (QED) is 0.666. The van der Waals surface area contributed by atoms with Crippen LogP contribution in [0.15, 0.2) is 32.7 Å². The van der Waals surface area contributed by atoms with Gasteiger partial charge in [-0.15, -0.1) is 10.2 Å². The molecule has 0 amide bonds. The molecule has 0 bridgehead atoms. The Bertz CT molecular complexity index is 584. The Morgan fingerprint density at radius 3 is 2.83 bits per heavy atom. The molecule has 1 N–H and O–H groups in total. The van der Waals surface area contributed by atoms with Crippen LogP contribution < -0.4 is 0 Å². The summed E-state index contributed by atoms with van der Waals surface area (Å²) >= 11 is 1.16. The van der Waals surface area contributed by atoms with Crippen LogP contribution in [0.25, 0.3) is 0 Å². The number of non-ortho nitro benzene ring substituents is 1. The number of nitro groups is 1. The zero-order chi connectivity index (χ0) is 13.1. The Morgan fingerprint density at radius 1 is 1.50 bits per heavy atom. The highest BCUT2D eigenvalue weighted by atomic mass is 32.2. The lowest BCUT2D eigenvalue weighted by Gasteiger charge is -2.03. The SMILES string of the molecule is Cc1nnc(Sc2ccc([N+](=O)[O-])cc2CO)o1. The van der Waals surface area contributed by atoms with E-state index >= 15 is 0 Å². The van der Waals surface area contributed by atoms with Gasteiger partial charge < -0.3 is 9.52 Å². The van der Waals surface area contributed by atoms with E-state index < -0.39 is 4.92 Å². The van der Waals surface area contributed by atoms with E-state index in [-0.39, 0.29) is 12.3 Å². The molecule has 0 fully saturated rings. The van der Waals surface area contributed by atoms with Gasteiger partial charge in [0.25, 0.3) is 10.9 Å². The predicted molar refractivity (Wildman–Crippen MR) is 62.2 cm³/mol. The second-order valence-corrected chi connectivity index (χ2v) is 4.39. The van der Waals surface area contributed by atoms with E-state index in [2.05, 4.69) is 10.2 Å². The molecule has 0 aliphatic heterocycles. The minimum absolute atomic E-state index is 0.0647. The van der Waals surface area contributed by atoms with Crippen molar-refractivity contribution in [1.82, 2.24) is 10.2 Å². The van der Waals surface area contributed by atoms with Crippen LogP contribution in [0.2, 0.25) is 0 Å². The van der Waals surface area contributed by atoms with Gasteiger partial charge >= 0.3 is 0 Å². The molecule has 1 aromatic heterocycles. The smallest absolute Gasteiger partial charge is 0.281 e. The number of aliphatic hydroxyl groups is 1. The summed E-state index contributed by atoms with van der Waals surface area (Å²) in [6, 6.07) is 4.24. The minimum atomic E-state index is -0.509. The maximum Gasteiger partial charge on any atom is 0.281 e. The highest BCUT2D eigenvalue weighted by Crippen LogP contribution is 2.31. The van der Waals surface area contributed by atoms with Crippen molar-refractivity contribution in [2.24, 2.45) is 0 Å². The fourth-order valence-corrected chi connectivity index (χ4v) is 2.14. The second kappa shape index (κ2) is 5.15. The Hall–Kier alpha value is -1.93. The number of hydrogen-bond donors (Lipinski definition) is 1. The molecule has 0 saturated heterocycles. The number of aliphatic hydroxyl groups excluding tert-OH is 1.